The summed E-state index contributed by atoms with van der Waals surface area (Å²) in [6.45, 7) is 17.5. The fourth-order valence-corrected chi connectivity index (χ4v) is 8.65. The van der Waals surface area contributed by atoms with Gasteiger partial charge in [-0.3, -0.25) is 19.2 Å². The van der Waals surface area contributed by atoms with Crippen molar-refractivity contribution in [1.29, 1.82) is 0 Å². The molecular formula is C42H69N5O8. The van der Waals surface area contributed by atoms with Gasteiger partial charge in [-0.15, -0.1) is 0 Å². The number of nitrogens with one attached hydrogen (secondary N) is 3. The van der Waals surface area contributed by atoms with Gasteiger partial charge in [0.05, 0.1) is 42.7 Å². The number of carboxylic acid groups (broad SMARTS) is 1. The van der Waals surface area contributed by atoms with Gasteiger partial charge in [0, 0.05) is 33.2 Å². The summed E-state index contributed by atoms with van der Waals surface area (Å²) in [7, 11) is 6.52. The van der Waals surface area contributed by atoms with Gasteiger partial charge in [0.2, 0.25) is 23.6 Å². The molecule has 1 aromatic rings. The van der Waals surface area contributed by atoms with Crippen molar-refractivity contribution < 1.29 is 38.6 Å². The number of fused-ring (bicyclic) bond motifs is 1. The lowest BCUT2D eigenvalue weighted by Gasteiger charge is -2.42. The van der Waals surface area contributed by atoms with E-state index in [1.54, 1.807) is 33.0 Å². The van der Waals surface area contributed by atoms with Crippen molar-refractivity contribution in [3.63, 3.8) is 0 Å². The van der Waals surface area contributed by atoms with E-state index in [4.69, 9.17) is 9.47 Å². The van der Waals surface area contributed by atoms with Gasteiger partial charge in [-0.1, -0.05) is 84.7 Å². The Balaban J connectivity index is 1.84. The first-order chi connectivity index (χ1) is 25.8. The standard InChI is InChI=1S/C42H69N5O8/c1-14-26(7)36(46(11)40(51)35(24(4)5)45-39(50)34(43-10)23(2)3)32(54-12)21-33(48)47-31(20-29-22-42(29,47)9)37(55-13)27(8)38(49)44-30(41(52)53)19-28-17-15-25(6)16-18-28/h15-18,23-24,26-27,29-32,34-37,43H,14,19-22H2,1-13H3,(H,44,49)(H,45,50)(H,52,53)/t26-,27+,29-,30-,31-,32?,34-,35-,36-,37?,42+/m0/s1. The molecule has 3 rings (SSSR count). The van der Waals surface area contributed by atoms with E-state index in [1.807, 2.05) is 77.6 Å². The molecule has 4 amide bonds. The average Bonchev–Trinajstić information content (AvgIpc) is 3.69. The molecule has 310 valence electrons. The van der Waals surface area contributed by atoms with Gasteiger partial charge in [-0.2, -0.15) is 0 Å². The van der Waals surface area contributed by atoms with E-state index in [2.05, 4.69) is 22.9 Å². The summed E-state index contributed by atoms with van der Waals surface area (Å²) < 4.78 is 12.1. The molecule has 13 nitrogen and oxygen atoms in total. The Labute approximate surface area is 329 Å². The first-order valence-corrected chi connectivity index (χ1v) is 20.0. The number of rotatable bonds is 21. The van der Waals surface area contributed by atoms with E-state index < -0.39 is 65.8 Å². The number of likely N-dealkylation sites (tertiary alicyclic amines) is 1. The maximum Gasteiger partial charge on any atom is 0.326 e. The lowest BCUT2D eigenvalue weighted by atomic mass is 9.89. The van der Waals surface area contributed by atoms with Crippen LogP contribution in [0.5, 0.6) is 0 Å². The highest BCUT2D eigenvalue weighted by atomic mass is 16.5. The van der Waals surface area contributed by atoms with E-state index in [0.717, 1.165) is 24.0 Å². The van der Waals surface area contributed by atoms with Crippen molar-refractivity contribution in [1.82, 2.24) is 25.8 Å². The summed E-state index contributed by atoms with van der Waals surface area (Å²) in [5.41, 5.74) is 1.43. The Kier molecular flexibility index (Phi) is 16.3. The van der Waals surface area contributed by atoms with Crippen LogP contribution in [0.3, 0.4) is 0 Å². The van der Waals surface area contributed by atoms with Crippen LogP contribution in [-0.2, 0) is 39.9 Å². The van der Waals surface area contributed by atoms with Crippen LogP contribution < -0.4 is 16.0 Å². The molecule has 1 saturated carbocycles. The summed E-state index contributed by atoms with van der Waals surface area (Å²) in [6, 6.07) is 4.23. The number of amides is 4. The first-order valence-electron chi connectivity index (χ1n) is 20.0. The zero-order valence-electron chi connectivity index (χ0n) is 35.5. The van der Waals surface area contributed by atoms with Gasteiger partial charge in [-0.05, 0) is 63.0 Å². The third-order valence-electron chi connectivity index (χ3n) is 12.4. The highest BCUT2D eigenvalue weighted by Gasteiger charge is 2.65. The van der Waals surface area contributed by atoms with Crippen molar-refractivity contribution in [2.45, 2.75) is 142 Å². The third kappa shape index (κ3) is 10.7. The molecule has 1 aromatic carbocycles. The minimum atomic E-state index is -1.13. The van der Waals surface area contributed by atoms with Crippen LogP contribution >= 0.6 is 0 Å². The second-order valence-electron chi connectivity index (χ2n) is 16.9. The topological polar surface area (TPSA) is 167 Å². The molecule has 2 fully saturated rings. The Morgan fingerprint density at radius 1 is 0.945 bits per heavy atom. The lowest BCUT2D eigenvalue weighted by molar-refractivity contribution is -0.150. The van der Waals surface area contributed by atoms with E-state index in [9.17, 15) is 29.1 Å². The van der Waals surface area contributed by atoms with E-state index in [1.165, 1.54) is 7.11 Å². The zero-order valence-corrected chi connectivity index (χ0v) is 35.5. The lowest BCUT2D eigenvalue weighted by Crippen LogP contribution is -2.60. The number of likely N-dealkylation sites (N-methyl/N-ethyl adjacent to an activating group) is 2. The quantitative estimate of drug-likeness (QED) is 0.146. The van der Waals surface area contributed by atoms with Crippen molar-refractivity contribution in [2.24, 2.45) is 29.6 Å². The highest BCUT2D eigenvalue weighted by molar-refractivity contribution is 5.90. The summed E-state index contributed by atoms with van der Waals surface area (Å²) >= 11 is 0. The molecule has 11 atom stereocenters. The predicted molar refractivity (Wildman–Crippen MR) is 212 cm³/mol. The van der Waals surface area contributed by atoms with Crippen LogP contribution in [0.2, 0.25) is 0 Å². The largest absolute Gasteiger partial charge is 0.480 e. The molecule has 1 aliphatic carbocycles. The fourth-order valence-electron chi connectivity index (χ4n) is 8.65. The molecule has 2 aliphatic rings. The molecule has 0 bridgehead atoms. The SMILES string of the molecule is CC[C@H](C)[C@@H](C(CC(=O)N1[C@H](C(OC)[C@@H](C)C(=O)N[C@@H](Cc2ccc(C)cc2)C(=O)O)C[C@H]2C[C@]21C)OC)N(C)C(=O)[C@@H](NC(=O)[C@@H](NC)C(C)C)C(C)C. The molecule has 1 aliphatic heterocycles. The number of hydrogen-bond donors (Lipinski definition) is 4. The third-order valence-corrected chi connectivity index (χ3v) is 12.4. The number of hydrogen-bond acceptors (Lipinski definition) is 8. The second-order valence-corrected chi connectivity index (χ2v) is 16.9. The van der Waals surface area contributed by atoms with Gasteiger partial charge in [-0.25, -0.2) is 4.79 Å². The molecule has 1 saturated heterocycles. The summed E-state index contributed by atoms with van der Waals surface area (Å²) in [4.78, 5) is 71.5. The van der Waals surface area contributed by atoms with E-state index >= 15 is 0 Å². The molecule has 4 N–H and O–H groups in total. The molecule has 0 radical (unpaired) electrons. The van der Waals surface area contributed by atoms with Gasteiger partial charge < -0.3 is 40.3 Å². The summed E-state index contributed by atoms with van der Waals surface area (Å²) in [5, 5.41) is 18.8. The number of benzene rings is 1. The van der Waals surface area contributed by atoms with Crippen LogP contribution in [0.25, 0.3) is 0 Å². The van der Waals surface area contributed by atoms with Crippen LogP contribution in [0, 0.1) is 36.5 Å². The molecule has 0 spiro atoms. The van der Waals surface area contributed by atoms with Gasteiger partial charge in [0.25, 0.3) is 0 Å². The Bertz CT molecular complexity index is 1490. The summed E-state index contributed by atoms with van der Waals surface area (Å²) in [5.74, 6) is -3.00. The van der Waals surface area contributed by atoms with Gasteiger partial charge >= 0.3 is 5.97 Å². The number of piperidine rings is 1. The van der Waals surface area contributed by atoms with E-state index in [0.29, 0.717) is 6.42 Å². The summed E-state index contributed by atoms with van der Waals surface area (Å²) in [6.07, 6.45) is 0.956. The molecule has 2 unspecified atom stereocenters. The Morgan fingerprint density at radius 3 is 2.04 bits per heavy atom. The molecule has 55 heavy (non-hydrogen) atoms. The average molecular weight is 772 g/mol. The monoisotopic (exact) mass is 772 g/mol. The number of carbonyl (C=O) groups is 5. The van der Waals surface area contributed by atoms with Crippen molar-refractivity contribution in [2.75, 3.05) is 28.3 Å². The molecule has 0 aromatic heterocycles. The number of carbonyl (C=O) groups excluding carboxylic acids is 4. The molecule has 13 heteroatoms. The van der Waals surface area contributed by atoms with Crippen LogP contribution in [0.15, 0.2) is 24.3 Å². The number of methoxy groups -OCH3 is 2. The highest BCUT2D eigenvalue weighted by Crippen LogP contribution is 2.59. The van der Waals surface area contributed by atoms with Crippen LogP contribution in [0.4, 0.5) is 0 Å². The normalized spacial score (nSPS) is 23.5. The first kappa shape index (κ1) is 45.8. The molecule has 1 heterocycles. The number of aliphatic carboxylic acids is 1. The number of carboxylic acids is 1. The zero-order chi connectivity index (χ0) is 41.5. The van der Waals surface area contributed by atoms with Gasteiger partial charge in [0.15, 0.2) is 0 Å². The van der Waals surface area contributed by atoms with E-state index in [-0.39, 0.29) is 54.2 Å². The van der Waals surface area contributed by atoms with Crippen molar-refractivity contribution >= 4 is 29.6 Å². The Hall–Kier alpha value is -3.55. The Morgan fingerprint density at radius 2 is 1.55 bits per heavy atom. The van der Waals surface area contributed by atoms with Crippen molar-refractivity contribution in [3.05, 3.63) is 35.4 Å². The number of aryl methyl sites for hydroxylation is 1. The fraction of sp³-hybridized carbons (Fsp3) is 0.738. The molecular weight excluding hydrogens is 702 g/mol. The van der Waals surface area contributed by atoms with Crippen LogP contribution in [-0.4, -0.2) is 121 Å². The van der Waals surface area contributed by atoms with Crippen LogP contribution in [0.1, 0.15) is 92.2 Å². The van der Waals surface area contributed by atoms with Crippen molar-refractivity contribution in [3.8, 4) is 0 Å². The van der Waals surface area contributed by atoms with Gasteiger partial charge in [0.1, 0.15) is 12.1 Å². The second kappa shape index (κ2) is 19.5. The maximum absolute atomic E-state index is 14.6. The predicted octanol–water partition coefficient (Wildman–Crippen LogP) is 3.80. The maximum atomic E-state index is 14.6. The minimum Gasteiger partial charge on any atom is -0.480 e. The minimum absolute atomic E-state index is 0.00946. The number of nitrogens with zero attached hydrogens (tertiary/aromatic N) is 2. The number of ether oxygens (including phenoxy) is 2. The smallest absolute Gasteiger partial charge is 0.326 e.